The molecule has 0 aliphatic carbocycles. The quantitative estimate of drug-likeness (QED) is 0.192. The molecule has 1 heterocycles. The number of nitro groups is 1. The monoisotopic (exact) mass is 417 g/mol. The molecule has 0 atom stereocenters. The summed E-state index contributed by atoms with van der Waals surface area (Å²) in [6, 6.07) is 5.72. The Kier molecular flexibility index (Phi) is 7.71. The lowest BCUT2D eigenvalue weighted by Crippen LogP contribution is -2.19. The van der Waals surface area contributed by atoms with E-state index < -0.39 is 17.5 Å². The Morgan fingerprint density at radius 3 is 2.47 bits per heavy atom. The Hall–Kier alpha value is -3.20. The van der Waals surface area contributed by atoms with E-state index >= 15 is 0 Å². The molecule has 0 N–H and O–H groups in total. The first-order valence-corrected chi connectivity index (χ1v) is 9.49. The predicted octanol–water partition coefficient (Wildman–Crippen LogP) is 3.16. The fraction of sp³-hybridized carbons (Fsp3) is 0.429. The van der Waals surface area contributed by atoms with Gasteiger partial charge in [-0.1, -0.05) is 0 Å². The topological polar surface area (TPSA) is 104 Å². The molecule has 0 saturated heterocycles. The normalized spacial score (nSPS) is 10.7. The minimum Gasteiger partial charge on any atom is -0.454 e. The number of benzene rings is 1. The van der Waals surface area contributed by atoms with Crippen LogP contribution in [-0.2, 0) is 16.0 Å². The van der Waals surface area contributed by atoms with E-state index in [1.807, 2.05) is 18.4 Å². The van der Waals surface area contributed by atoms with Crippen LogP contribution in [0.1, 0.15) is 38.5 Å². The molecule has 1 aromatic heterocycles. The van der Waals surface area contributed by atoms with Gasteiger partial charge in [0, 0.05) is 63.4 Å². The van der Waals surface area contributed by atoms with Crippen LogP contribution in [0, 0.1) is 24.0 Å². The lowest BCUT2D eigenvalue weighted by Gasteiger charge is -2.16. The fourth-order valence-electron chi connectivity index (χ4n) is 3.27. The molecular weight excluding hydrogens is 390 g/mol. The number of carbonyl (C=O) groups is 2. The standard InChI is InChI=1S/C21H27N3O6/c1-14-11-17(15(2)23(14)9-6-10-29-5)20(25)13-30-21(26)18-12-16(24(27)28)7-8-19(18)22(3)4/h7-8,11-12H,6,9-10,13H2,1-5H3. The summed E-state index contributed by atoms with van der Waals surface area (Å²) in [4.78, 5) is 37.3. The summed E-state index contributed by atoms with van der Waals surface area (Å²) >= 11 is 0. The Balaban J connectivity index is 2.15. The number of aryl methyl sites for hydroxylation is 1. The number of rotatable bonds is 10. The number of esters is 1. The number of hydrogen-bond donors (Lipinski definition) is 0. The van der Waals surface area contributed by atoms with Crippen LogP contribution in [0.5, 0.6) is 0 Å². The van der Waals surface area contributed by atoms with Crippen LogP contribution >= 0.6 is 0 Å². The van der Waals surface area contributed by atoms with Gasteiger partial charge in [-0.05, 0) is 32.4 Å². The van der Waals surface area contributed by atoms with Gasteiger partial charge in [-0.15, -0.1) is 0 Å². The fourth-order valence-corrected chi connectivity index (χ4v) is 3.27. The van der Waals surface area contributed by atoms with Crippen molar-refractivity contribution < 1.29 is 24.0 Å². The first-order valence-electron chi connectivity index (χ1n) is 9.49. The molecule has 0 saturated carbocycles. The maximum absolute atomic E-state index is 12.7. The molecule has 0 unspecified atom stereocenters. The summed E-state index contributed by atoms with van der Waals surface area (Å²) < 4.78 is 12.3. The molecule has 0 bridgehead atoms. The third kappa shape index (κ3) is 5.24. The van der Waals surface area contributed by atoms with Crippen LogP contribution in [0.25, 0.3) is 0 Å². The largest absolute Gasteiger partial charge is 0.454 e. The molecule has 2 rings (SSSR count). The van der Waals surface area contributed by atoms with Crippen LogP contribution in [0.15, 0.2) is 24.3 Å². The van der Waals surface area contributed by atoms with Crippen LogP contribution in [0.2, 0.25) is 0 Å². The summed E-state index contributed by atoms with van der Waals surface area (Å²) in [5.74, 6) is -1.11. The van der Waals surface area contributed by atoms with Gasteiger partial charge < -0.3 is 18.9 Å². The van der Waals surface area contributed by atoms with Gasteiger partial charge in [-0.3, -0.25) is 14.9 Å². The molecule has 2 aromatic rings. The molecule has 162 valence electrons. The molecule has 1 aromatic carbocycles. The first kappa shape index (κ1) is 23.1. The van der Waals surface area contributed by atoms with E-state index in [9.17, 15) is 19.7 Å². The third-order valence-electron chi connectivity index (χ3n) is 4.83. The molecule has 0 aliphatic rings. The minimum absolute atomic E-state index is 0.0343. The minimum atomic E-state index is -0.787. The Morgan fingerprint density at radius 2 is 1.87 bits per heavy atom. The van der Waals surface area contributed by atoms with E-state index in [2.05, 4.69) is 0 Å². The number of nitro benzene ring substituents is 1. The van der Waals surface area contributed by atoms with E-state index in [0.29, 0.717) is 17.9 Å². The number of nitrogens with zero attached hydrogens (tertiary/aromatic N) is 3. The van der Waals surface area contributed by atoms with Gasteiger partial charge in [-0.25, -0.2) is 4.79 Å². The zero-order valence-corrected chi connectivity index (χ0v) is 17.9. The molecule has 30 heavy (non-hydrogen) atoms. The second-order valence-corrected chi connectivity index (χ2v) is 7.14. The van der Waals surface area contributed by atoms with E-state index in [4.69, 9.17) is 9.47 Å². The van der Waals surface area contributed by atoms with Gasteiger partial charge in [0.25, 0.3) is 5.69 Å². The number of anilines is 1. The van der Waals surface area contributed by atoms with Crippen LogP contribution in [0.4, 0.5) is 11.4 Å². The van der Waals surface area contributed by atoms with Crippen LogP contribution < -0.4 is 4.90 Å². The van der Waals surface area contributed by atoms with Crippen molar-refractivity contribution in [3.8, 4) is 0 Å². The van der Waals surface area contributed by atoms with Crippen molar-refractivity contribution in [2.75, 3.05) is 39.3 Å². The molecule has 9 nitrogen and oxygen atoms in total. The summed E-state index contributed by atoms with van der Waals surface area (Å²) in [6.07, 6.45) is 0.815. The first-order chi connectivity index (χ1) is 14.2. The van der Waals surface area contributed by atoms with E-state index in [1.165, 1.54) is 12.1 Å². The van der Waals surface area contributed by atoms with Crippen molar-refractivity contribution in [1.82, 2.24) is 4.57 Å². The van der Waals surface area contributed by atoms with Crippen molar-refractivity contribution in [2.24, 2.45) is 0 Å². The number of carbonyl (C=O) groups excluding carboxylic acids is 2. The van der Waals surface area contributed by atoms with E-state index in [-0.39, 0.29) is 17.0 Å². The molecule has 0 amide bonds. The van der Waals surface area contributed by atoms with Gasteiger partial charge in [0.15, 0.2) is 6.61 Å². The summed E-state index contributed by atoms with van der Waals surface area (Å²) in [6.45, 7) is 4.65. The number of hydrogen-bond acceptors (Lipinski definition) is 7. The van der Waals surface area contributed by atoms with Crippen LogP contribution in [0.3, 0.4) is 0 Å². The highest BCUT2D eigenvalue weighted by Crippen LogP contribution is 2.25. The average Bonchev–Trinajstić information content (AvgIpc) is 2.99. The molecule has 0 radical (unpaired) electrons. The molecule has 0 fully saturated rings. The molecular formula is C21H27N3O6. The number of methoxy groups -OCH3 is 1. The maximum Gasteiger partial charge on any atom is 0.340 e. The Labute approximate surface area is 175 Å². The summed E-state index contributed by atoms with van der Waals surface area (Å²) in [5.41, 5.74) is 2.50. The zero-order valence-electron chi connectivity index (χ0n) is 17.9. The SMILES string of the molecule is COCCCn1c(C)cc(C(=O)COC(=O)c2cc([N+](=O)[O-])ccc2N(C)C)c1C. The highest BCUT2D eigenvalue weighted by Gasteiger charge is 2.22. The van der Waals surface area contributed by atoms with E-state index in [0.717, 1.165) is 30.4 Å². The number of Topliss-reactive ketones (excluding diaryl/α,β-unsaturated/α-hetero) is 1. The second-order valence-electron chi connectivity index (χ2n) is 7.14. The average molecular weight is 417 g/mol. The number of ketones is 1. The van der Waals surface area contributed by atoms with Gasteiger partial charge in [-0.2, -0.15) is 0 Å². The van der Waals surface area contributed by atoms with Gasteiger partial charge >= 0.3 is 5.97 Å². The Morgan fingerprint density at radius 1 is 1.17 bits per heavy atom. The van der Waals surface area contributed by atoms with Crippen LogP contribution in [-0.4, -0.2) is 55.7 Å². The molecule has 0 aliphatic heterocycles. The lowest BCUT2D eigenvalue weighted by molar-refractivity contribution is -0.384. The van der Waals surface area contributed by atoms with Gasteiger partial charge in [0.2, 0.25) is 5.78 Å². The van der Waals surface area contributed by atoms with Crippen molar-refractivity contribution >= 4 is 23.1 Å². The van der Waals surface area contributed by atoms with Gasteiger partial charge in [0.1, 0.15) is 0 Å². The lowest BCUT2D eigenvalue weighted by atomic mass is 10.1. The summed E-state index contributed by atoms with van der Waals surface area (Å²) in [5, 5.41) is 11.0. The Bertz CT molecular complexity index is 948. The number of non-ortho nitro benzene ring substituents is 1. The molecule has 9 heteroatoms. The van der Waals surface area contributed by atoms with Crippen molar-refractivity contribution in [2.45, 2.75) is 26.8 Å². The van der Waals surface area contributed by atoms with Crippen molar-refractivity contribution in [3.63, 3.8) is 0 Å². The van der Waals surface area contributed by atoms with Crippen molar-refractivity contribution in [3.05, 3.63) is 56.9 Å². The molecule has 0 spiro atoms. The smallest absolute Gasteiger partial charge is 0.340 e. The number of aromatic nitrogens is 1. The zero-order chi connectivity index (χ0) is 22.4. The highest BCUT2D eigenvalue weighted by molar-refractivity contribution is 6.02. The number of ether oxygens (including phenoxy) is 2. The third-order valence-corrected chi connectivity index (χ3v) is 4.83. The van der Waals surface area contributed by atoms with Crippen molar-refractivity contribution in [1.29, 1.82) is 0 Å². The summed E-state index contributed by atoms with van der Waals surface area (Å²) in [7, 11) is 5.06. The second kappa shape index (κ2) is 10.0. The highest BCUT2D eigenvalue weighted by atomic mass is 16.6. The van der Waals surface area contributed by atoms with Gasteiger partial charge in [0.05, 0.1) is 16.2 Å². The predicted molar refractivity (Wildman–Crippen MR) is 112 cm³/mol. The maximum atomic E-state index is 12.7. The van der Waals surface area contributed by atoms with E-state index in [1.54, 1.807) is 32.2 Å².